The average Bonchev–Trinajstić information content (AvgIpc) is 3.67. The third-order valence-corrected chi connectivity index (χ3v) is 10.6. The number of alkyl carbamates (subject to hydrolysis) is 1. The summed E-state index contributed by atoms with van der Waals surface area (Å²) < 4.78 is 50.3. The lowest BCUT2D eigenvalue weighted by atomic mass is 9.91. The molecule has 0 aliphatic carbocycles. The van der Waals surface area contributed by atoms with E-state index in [2.05, 4.69) is 49.4 Å². The highest BCUT2D eigenvalue weighted by atomic mass is 35.5. The van der Waals surface area contributed by atoms with Crippen LogP contribution in [-0.4, -0.2) is 89.5 Å². The summed E-state index contributed by atoms with van der Waals surface area (Å²) >= 11 is 6.56. The van der Waals surface area contributed by atoms with Crippen molar-refractivity contribution in [3.63, 3.8) is 0 Å². The topological polar surface area (TPSA) is 154 Å². The van der Waals surface area contributed by atoms with Crippen molar-refractivity contribution in [3.8, 4) is 28.1 Å². The standard InChI is InChI=1S/C40H46ClF3N8O5/c1-22(2)35(50-39(55)56-5)38(54)52-21-23(3)6-12-32(52)36-47-20-31(48-36)26-9-7-25(8-10-26)28-16-29(41)30(17-33(28)57-40(42,43)44)49-37(53)27-11-13-34(46-19-27)51-15-14-45-18-24(51)4/h7-11,13,16-17,19-20,22-24,32,35,45H,6,12,14-15,18,21H2,1-5H3,(H,47,48)(H,49,53)(H,50,55)/t23-,24?,32-,35-/m0/s1. The lowest BCUT2D eigenvalue weighted by Gasteiger charge is -2.40. The Hall–Kier alpha value is -5.35. The number of carbonyl (C=O) groups is 3. The molecule has 0 saturated carbocycles. The van der Waals surface area contributed by atoms with Gasteiger partial charge in [-0.05, 0) is 55.4 Å². The fraction of sp³-hybridized carbons (Fsp3) is 0.425. The molecule has 304 valence electrons. The quantitative estimate of drug-likeness (QED) is 0.128. The smallest absolute Gasteiger partial charge is 0.453 e. The fourth-order valence-corrected chi connectivity index (χ4v) is 7.40. The first-order chi connectivity index (χ1) is 27.1. The number of ether oxygens (including phenoxy) is 2. The maximum Gasteiger partial charge on any atom is 0.573 e. The number of aromatic nitrogens is 3. The number of hydrogen-bond acceptors (Lipinski definition) is 9. The number of pyridine rings is 1. The Kier molecular flexibility index (Phi) is 12.6. The molecule has 2 aromatic carbocycles. The Morgan fingerprint density at radius 3 is 2.42 bits per heavy atom. The summed E-state index contributed by atoms with van der Waals surface area (Å²) in [6.07, 6.45) is -1.09. The summed E-state index contributed by atoms with van der Waals surface area (Å²) in [6, 6.07) is 11.4. The van der Waals surface area contributed by atoms with Crippen molar-refractivity contribution >= 4 is 41.0 Å². The van der Waals surface area contributed by atoms with Gasteiger partial charge in [0.15, 0.2) is 0 Å². The molecule has 4 heterocycles. The fourth-order valence-electron chi connectivity index (χ4n) is 7.18. The number of likely N-dealkylation sites (tertiary alicyclic amines) is 1. The third kappa shape index (κ3) is 9.79. The molecule has 4 aromatic rings. The average molecular weight is 811 g/mol. The van der Waals surface area contributed by atoms with Crippen LogP contribution < -0.4 is 25.6 Å². The highest BCUT2D eigenvalue weighted by molar-refractivity contribution is 6.34. The molecule has 2 aliphatic rings. The molecule has 6 rings (SSSR count). The second-order valence-electron chi connectivity index (χ2n) is 14.8. The molecule has 0 radical (unpaired) electrons. The normalized spacial score (nSPS) is 19.2. The summed E-state index contributed by atoms with van der Waals surface area (Å²) in [5, 5.41) is 8.56. The van der Waals surface area contributed by atoms with Crippen molar-refractivity contribution < 1.29 is 37.0 Å². The number of imidazole rings is 1. The zero-order valence-corrected chi connectivity index (χ0v) is 33.0. The number of piperidine rings is 1. The molecule has 2 fully saturated rings. The number of H-pyrrole nitrogens is 1. The molecule has 13 nitrogen and oxygen atoms in total. The number of methoxy groups -OCH3 is 1. The molecular formula is C40H46ClF3N8O5. The Labute approximate surface area is 333 Å². The second kappa shape index (κ2) is 17.4. The van der Waals surface area contributed by atoms with Crippen LogP contribution in [0.3, 0.4) is 0 Å². The van der Waals surface area contributed by atoms with Gasteiger partial charge in [-0.3, -0.25) is 9.59 Å². The van der Waals surface area contributed by atoms with E-state index in [4.69, 9.17) is 21.3 Å². The van der Waals surface area contributed by atoms with Crippen LogP contribution >= 0.6 is 11.6 Å². The summed E-state index contributed by atoms with van der Waals surface area (Å²) in [6.45, 7) is 10.7. The summed E-state index contributed by atoms with van der Waals surface area (Å²) in [7, 11) is 1.25. The lowest BCUT2D eigenvalue weighted by molar-refractivity contribution is -0.274. The van der Waals surface area contributed by atoms with Gasteiger partial charge in [0.05, 0.1) is 35.1 Å². The van der Waals surface area contributed by atoms with E-state index in [-0.39, 0.29) is 51.7 Å². The van der Waals surface area contributed by atoms with Gasteiger partial charge in [0.1, 0.15) is 23.4 Å². The van der Waals surface area contributed by atoms with Crippen LogP contribution in [0.5, 0.6) is 5.75 Å². The van der Waals surface area contributed by atoms with Gasteiger partial charge in [-0.15, -0.1) is 13.2 Å². The molecule has 0 spiro atoms. The minimum atomic E-state index is -5.03. The Morgan fingerprint density at radius 1 is 1.04 bits per heavy atom. The number of halogens is 4. The van der Waals surface area contributed by atoms with Crippen LogP contribution in [0.4, 0.5) is 29.5 Å². The first-order valence-electron chi connectivity index (χ1n) is 18.8. The van der Waals surface area contributed by atoms with Gasteiger partial charge in [-0.25, -0.2) is 14.8 Å². The van der Waals surface area contributed by atoms with Gasteiger partial charge in [0, 0.05) is 61.8 Å². The zero-order chi connectivity index (χ0) is 41.0. The Bertz CT molecular complexity index is 2060. The van der Waals surface area contributed by atoms with E-state index in [1.165, 1.54) is 19.4 Å². The van der Waals surface area contributed by atoms with E-state index in [1.54, 1.807) is 47.5 Å². The Balaban J connectivity index is 1.21. The van der Waals surface area contributed by atoms with E-state index in [0.29, 0.717) is 41.4 Å². The van der Waals surface area contributed by atoms with E-state index < -0.39 is 30.2 Å². The van der Waals surface area contributed by atoms with Gasteiger partial charge >= 0.3 is 12.5 Å². The van der Waals surface area contributed by atoms with Gasteiger partial charge in [0.2, 0.25) is 5.91 Å². The van der Waals surface area contributed by atoms with Gasteiger partial charge < -0.3 is 40.2 Å². The van der Waals surface area contributed by atoms with E-state index in [9.17, 15) is 27.6 Å². The highest BCUT2D eigenvalue weighted by Crippen LogP contribution is 2.41. The van der Waals surface area contributed by atoms with E-state index >= 15 is 0 Å². The molecule has 4 atom stereocenters. The molecular weight excluding hydrogens is 765 g/mol. The number of hydrogen-bond donors (Lipinski definition) is 4. The zero-order valence-electron chi connectivity index (χ0n) is 32.2. The minimum Gasteiger partial charge on any atom is -0.453 e. The van der Waals surface area contributed by atoms with Crippen molar-refractivity contribution in [2.75, 3.05) is 43.5 Å². The molecule has 2 saturated heterocycles. The molecule has 17 heteroatoms. The van der Waals surface area contributed by atoms with Crippen LogP contribution in [0.1, 0.15) is 62.8 Å². The van der Waals surface area contributed by atoms with Gasteiger partial charge in [-0.2, -0.15) is 0 Å². The number of carbonyl (C=O) groups excluding carboxylic acids is 3. The van der Waals surface area contributed by atoms with Crippen LogP contribution in [0.15, 0.2) is 60.9 Å². The number of alkyl halides is 3. The van der Waals surface area contributed by atoms with Crippen molar-refractivity contribution in [1.29, 1.82) is 0 Å². The molecule has 4 N–H and O–H groups in total. The maximum atomic E-state index is 13.8. The molecule has 0 bridgehead atoms. The maximum absolute atomic E-state index is 13.8. The predicted octanol–water partition coefficient (Wildman–Crippen LogP) is 7.42. The number of piperazine rings is 1. The molecule has 57 heavy (non-hydrogen) atoms. The summed E-state index contributed by atoms with van der Waals surface area (Å²) in [5.41, 5.74) is 1.76. The van der Waals surface area contributed by atoms with Crippen molar-refractivity contribution in [1.82, 2.24) is 30.5 Å². The van der Waals surface area contributed by atoms with Crippen LogP contribution in [-0.2, 0) is 9.53 Å². The number of nitrogens with zero attached hydrogens (tertiary/aromatic N) is 4. The summed E-state index contributed by atoms with van der Waals surface area (Å²) in [4.78, 5) is 55.4. The first kappa shape index (κ1) is 41.3. The molecule has 3 amide bonds. The molecule has 1 unspecified atom stereocenters. The van der Waals surface area contributed by atoms with Crippen LogP contribution in [0.25, 0.3) is 22.4 Å². The Morgan fingerprint density at radius 2 is 1.77 bits per heavy atom. The number of rotatable bonds is 10. The predicted molar refractivity (Wildman–Crippen MR) is 210 cm³/mol. The number of anilines is 2. The molecule has 2 aromatic heterocycles. The van der Waals surface area contributed by atoms with Crippen LogP contribution in [0, 0.1) is 11.8 Å². The van der Waals surface area contributed by atoms with Gasteiger partial charge in [0.25, 0.3) is 5.91 Å². The number of aromatic amines is 1. The van der Waals surface area contributed by atoms with Crippen molar-refractivity contribution in [3.05, 3.63) is 77.3 Å². The third-order valence-electron chi connectivity index (χ3n) is 10.2. The number of benzene rings is 2. The van der Waals surface area contributed by atoms with Crippen molar-refractivity contribution in [2.24, 2.45) is 11.8 Å². The molecule has 2 aliphatic heterocycles. The van der Waals surface area contributed by atoms with Crippen LogP contribution in [0.2, 0.25) is 5.02 Å². The lowest BCUT2D eigenvalue weighted by Crippen LogP contribution is -2.54. The largest absolute Gasteiger partial charge is 0.573 e. The number of amides is 3. The van der Waals surface area contributed by atoms with Gasteiger partial charge in [-0.1, -0.05) is 56.6 Å². The highest BCUT2D eigenvalue weighted by Gasteiger charge is 2.38. The van der Waals surface area contributed by atoms with E-state index in [0.717, 1.165) is 32.1 Å². The first-order valence-corrected chi connectivity index (χ1v) is 19.1. The number of nitrogens with one attached hydrogen (secondary N) is 4. The van der Waals surface area contributed by atoms with Crippen molar-refractivity contribution in [2.45, 2.75) is 65.0 Å². The second-order valence-corrected chi connectivity index (χ2v) is 15.2. The van der Waals surface area contributed by atoms with E-state index in [1.807, 2.05) is 13.8 Å². The SMILES string of the molecule is COC(=O)N[C@H](C(=O)N1C[C@@H](C)CC[C@H]1c1nc(-c2ccc(-c3cc(Cl)c(NC(=O)c4ccc(N5CCNCC5C)nc4)cc3OC(F)(F)F)cc2)c[nH]1)C(C)C. The summed E-state index contributed by atoms with van der Waals surface area (Å²) in [5.74, 6) is -0.0699. The monoisotopic (exact) mass is 810 g/mol. The minimum absolute atomic E-state index is 0.00416.